The van der Waals surface area contributed by atoms with Crippen molar-refractivity contribution in [2.45, 2.75) is 141 Å². The molecule has 1 aromatic rings. The topological polar surface area (TPSA) is 78.9 Å². The summed E-state index contributed by atoms with van der Waals surface area (Å²) in [5.41, 5.74) is 0. The molecule has 1 saturated carbocycles. The fourth-order valence-corrected chi connectivity index (χ4v) is 5.47. The molecule has 1 aromatic heterocycles. The number of nitrogens with zero attached hydrogens (tertiary/aromatic N) is 2. The lowest BCUT2D eigenvalue weighted by Crippen LogP contribution is -2.32. The number of aromatic nitrogens is 2. The predicted molar refractivity (Wildman–Crippen MR) is 156 cm³/mol. The monoisotopic (exact) mass is 519 g/mol. The van der Waals surface area contributed by atoms with Gasteiger partial charge >= 0.3 is 0 Å². The van der Waals surface area contributed by atoms with Gasteiger partial charge in [-0.15, -0.1) is 10.2 Å². The minimum Gasteiger partial charge on any atom is -0.360 e. The van der Waals surface area contributed by atoms with Crippen molar-refractivity contribution >= 4 is 27.5 Å². The molecule has 36 heavy (non-hydrogen) atoms. The second-order valence-corrected chi connectivity index (χ2v) is 11.3. The van der Waals surface area contributed by atoms with Gasteiger partial charge in [0.25, 0.3) is 0 Å². The molecule has 0 bridgehead atoms. The number of hydrogen-bond donors (Lipinski definition) is 3. The van der Waals surface area contributed by atoms with Crippen molar-refractivity contribution in [3.05, 3.63) is 12.2 Å². The van der Waals surface area contributed by atoms with Gasteiger partial charge in [0.2, 0.25) is 16.2 Å². The number of anilines is 2. The van der Waals surface area contributed by atoms with E-state index in [1.807, 2.05) is 0 Å². The van der Waals surface area contributed by atoms with Gasteiger partial charge < -0.3 is 16.0 Å². The van der Waals surface area contributed by atoms with Crippen LogP contribution in [-0.4, -0.2) is 35.2 Å². The number of unbranched alkanes of at least 4 members (excludes halogenated alkanes) is 11. The first-order valence-corrected chi connectivity index (χ1v) is 15.8. The van der Waals surface area contributed by atoms with E-state index in [1.54, 1.807) is 0 Å². The van der Waals surface area contributed by atoms with Gasteiger partial charge in [-0.2, -0.15) is 0 Å². The van der Waals surface area contributed by atoms with Crippen LogP contribution < -0.4 is 16.0 Å². The number of rotatable bonds is 22. The molecule has 2 rings (SSSR count). The molecule has 206 valence electrons. The van der Waals surface area contributed by atoms with E-state index in [4.69, 9.17) is 0 Å². The Labute approximate surface area is 224 Å². The van der Waals surface area contributed by atoms with Gasteiger partial charge in [-0.3, -0.25) is 4.79 Å². The van der Waals surface area contributed by atoms with Crippen LogP contribution in [0.5, 0.6) is 0 Å². The molecule has 3 N–H and O–H groups in total. The van der Waals surface area contributed by atoms with Crippen molar-refractivity contribution in [3.8, 4) is 0 Å². The molecule has 1 heterocycles. The van der Waals surface area contributed by atoms with Crippen molar-refractivity contribution in [2.75, 3.05) is 23.7 Å². The Morgan fingerprint density at radius 2 is 1.44 bits per heavy atom. The summed E-state index contributed by atoms with van der Waals surface area (Å²) < 4.78 is 0. The van der Waals surface area contributed by atoms with Crippen LogP contribution in [0.25, 0.3) is 0 Å². The first-order chi connectivity index (χ1) is 17.8. The summed E-state index contributed by atoms with van der Waals surface area (Å²) in [5.74, 6) is 0.0482. The summed E-state index contributed by atoms with van der Waals surface area (Å²) in [7, 11) is 0. The second-order valence-electron chi connectivity index (χ2n) is 10.4. The van der Waals surface area contributed by atoms with E-state index in [-0.39, 0.29) is 5.91 Å². The SMILES string of the molecule is CCCCCCCC/C=C/CCCCCCCC(=O)Nc1nnc(NCCCNC2CCCCC2)s1. The molecule has 6 nitrogen and oxygen atoms in total. The largest absolute Gasteiger partial charge is 0.360 e. The Bertz CT molecular complexity index is 687. The van der Waals surface area contributed by atoms with Gasteiger partial charge in [0.05, 0.1) is 0 Å². The second kappa shape index (κ2) is 21.6. The number of nitrogens with one attached hydrogen (secondary N) is 3. The lowest BCUT2D eigenvalue weighted by molar-refractivity contribution is -0.116. The van der Waals surface area contributed by atoms with E-state index in [0.29, 0.717) is 17.6 Å². The van der Waals surface area contributed by atoms with Crippen molar-refractivity contribution in [2.24, 2.45) is 0 Å². The predicted octanol–water partition coefficient (Wildman–Crippen LogP) is 8.24. The molecule has 7 heteroatoms. The fourth-order valence-electron chi connectivity index (χ4n) is 4.78. The van der Waals surface area contributed by atoms with Crippen LogP contribution in [0.4, 0.5) is 10.3 Å². The molecular weight excluding hydrogens is 466 g/mol. The fraction of sp³-hybridized carbons (Fsp3) is 0.828. The first kappa shape index (κ1) is 30.8. The Kier molecular flexibility index (Phi) is 18.5. The normalized spacial score (nSPS) is 14.5. The van der Waals surface area contributed by atoms with Crippen LogP contribution in [0.3, 0.4) is 0 Å². The van der Waals surface area contributed by atoms with Crippen LogP contribution in [0.2, 0.25) is 0 Å². The number of hydrogen-bond acceptors (Lipinski definition) is 6. The molecular formula is C29H53N5OS. The van der Waals surface area contributed by atoms with Crippen molar-refractivity contribution < 1.29 is 4.79 Å². The third-order valence-electron chi connectivity index (χ3n) is 7.00. The van der Waals surface area contributed by atoms with E-state index in [2.05, 4.69) is 45.2 Å². The van der Waals surface area contributed by atoms with Crippen LogP contribution in [0, 0.1) is 0 Å². The summed E-state index contributed by atoms with van der Waals surface area (Å²) in [4.78, 5) is 12.2. The minimum atomic E-state index is 0.0482. The van der Waals surface area contributed by atoms with Crippen LogP contribution in [0.15, 0.2) is 12.2 Å². The van der Waals surface area contributed by atoms with Gasteiger partial charge in [-0.25, -0.2) is 0 Å². The standard InChI is InChI=1S/C29H53N5OS/c1-2-3-4-5-6-7-8-9-10-11-12-13-14-15-19-23-27(35)32-29-34-33-28(36-29)31-25-20-24-30-26-21-17-16-18-22-26/h9-10,26,30H,2-8,11-25H2,1H3,(H,31,33)(H,32,34,35)/b10-9+. The van der Waals surface area contributed by atoms with Gasteiger partial charge in [-0.05, 0) is 57.9 Å². The molecule has 0 aliphatic heterocycles. The van der Waals surface area contributed by atoms with Crippen LogP contribution >= 0.6 is 11.3 Å². The molecule has 1 aliphatic carbocycles. The highest BCUT2D eigenvalue weighted by molar-refractivity contribution is 7.19. The molecule has 0 radical (unpaired) electrons. The zero-order valence-electron chi connectivity index (χ0n) is 23.0. The average molecular weight is 520 g/mol. The maximum atomic E-state index is 12.2. The third-order valence-corrected chi connectivity index (χ3v) is 7.80. The zero-order chi connectivity index (χ0) is 25.5. The molecule has 0 spiro atoms. The summed E-state index contributed by atoms with van der Waals surface area (Å²) in [6, 6.07) is 0.712. The summed E-state index contributed by atoms with van der Waals surface area (Å²) in [6.07, 6.45) is 29.6. The van der Waals surface area contributed by atoms with Gasteiger partial charge in [0, 0.05) is 19.0 Å². The van der Waals surface area contributed by atoms with Crippen molar-refractivity contribution in [1.82, 2.24) is 15.5 Å². The number of allylic oxidation sites excluding steroid dienone is 2. The summed E-state index contributed by atoms with van der Waals surface area (Å²) in [5, 5.41) is 19.5. The number of amides is 1. The quantitative estimate of drug-likeness (QED) is 0.106. The van der Waals surface area contributed by atoms with Gasteiger partial charge in [-0.1, -0.05) is 101 Å². The van der Waals surface area contributed by atoms with Gasteiger partial charge in [0.1, 0.15) is 0 Å². The Balaban J connectivity index is 1.37. The van der Waals surface area contributed by atoms with E-state index in [0.717, 1.165) is 37.5 Å². The van der Waals surface area contributed by atoms with E-state index < -0.39 is 0 Å². The lowest BCUT2D eigenvalue weighted by Gasteiger charge is -2.22. The number of carbonyl (C=O) groups excluding carboxylic acids is 1. The van der Waals surface area contributed by atoms with Crippen LogP contribution in [-0.2, 0) is 4.79 Å². The lowest BCUT2D eigenvalue weighted by atomic mass is 9.95. The average Bonchev–Trinajstić information content (AvgIpc) is 3.33. The minimum absolute atomic E-state index is 0.0482. The Morgan fingerprint density at radius 3 is 2.17 bits per heavy atom. The summed E-state index contributed by atoms with van der Waals surface area (Å²) >= 11 is 1.42. The zero-order valence-corrected chi connectivity index (χ0v) is 23.8. The maximum absolute atomic E-state index is 12.2. The number of carbonyl (C=O) groups is 1. The molecule has 0 unspecified atom stereocenters. The third kappa shape index (κ3) is 16.3. The highest BCUT2D eigenvalue weighted by Gasteiger charge is 2.12. The van der Waals surface area contributed by atoms with Crippen molar-refractivity contribution in [3.63, 3.8) is 0 Å². The highest BCUT2D eigenvalue weighted by atomic mass is 32.1. The van der Waals surface area contributed by atoms with Crippen LogP contribution in [0.1, 0.15) is 135 Å². The van der Waals surface area contributed by atoms with E-state index in [1.165, 1.54) is 114 Å². The van der Waals surface area contributed by atoms with Crippen molar-refractivity contribution in [1.29, 1.82) is 0 Å². The molecule has 0 saturated heterocycles. The smallest absolute Gasteiger partial charge is 0.226 e. The Morgan fingerprint density at radius 1 is 0.806 bits per heavy atom. The van der Waals surface area contributed by atoms with Gasteiger partial charge in [0.15, 0.2) is 0 Å². The molecule has 0 atom stereocenters. The molecule has 1 aliphatic rings. The van der Waals surface area contributed by atoms with E-state index in [9.17, 15) is 4.79 Å². The molecule has 1 amide bonds. The molecule has 1 fully saturated rings. The first-order valence-electron chi connectivity index (χ1n) is 15.0. The van der Waals surface area contributed by atoms with E-state index >= 15 is 0 Å². The molecule has 0 aromatic carbocycles. The summed E-state index contributed by atoms with van der Waals surface area (Å²) in [6.45, 7) is 4.18. The maximum Gasteiger partial charge on any atom is 0.226 e. The Hall–Kier alpha value is -1.47. The highest BCUT2D eigenvalue weighted by Crippen LogP contribution is 2.20.